The number of methoxy groups -OCH3 is 1. The molecule has 0 saturated heterocycles. The summed E-state index contributed by atoms with van der Waals surface area (Å²) in [7, 11) is 1.73. The first kappa shape index (κ1) is 9.32. The van der Waals surface area contributed by atoms with Crippen molar-refractivity contribution in [3.8, 4) is 5.75 Å². The van der Waals surface area contributed by atoms with Crippen molar-refractivity contribution >= 4 is 33.9 Å². The topological polar surface area (TPSA) is 9.23 Å². The highest BCUT2D eigenvalue weighted by Gasteiger charge is 2.12. The van der Waals surface area contributed by atoms with E-state index in [-0.39, 0.29) is 0 Å². The van der Waals surface area contributed by atoms with E-state index in [2.05, 4.69) is 41.8 Å². The second-order valence-corrected chi connectivity index (χ2v) is 4.71. The van der Waals surface area contributed by atoms with Crippen LogP contribution in [0.1, 0.15) is 24.6 Å². The summed E-state index contributed by atoms with van der Waals surface area (Å²) in [5.41, 5.74) is 0. The maximum atomic E-state index is 5.28. The van der Waals surface area contributed by atoms with Crippen LogP contribution in [-0.4, -0.2) is 7.11 Å². The maximum Gasteiger partial charge on any atom is 0.146 e. The molecule has 0 saturated carbocycles. The van der Waals surface area contributed by atoms with Crippen molar-refractivity contribution in [2.45, 2.75) is 19.8 Å². The largest absolute Gasteiger partial charge is 0.494 e. The molecule has 0 N–H and O–H groups in total. The van der Waals surface area contributed by atoms with Gasteiger partial charge in [0, 0.05) is 5.38 Å². The van der Waals surface area contributed by atoms with E-state index in [1.54, 1.807) is 18.4 Å². The molecule has 0 amide bonds. The van der Waals surface area contributed by atoms with E-state index >= 15 is 0 Å². The van der Waals surface area contributed by atoms with Crippen LogP contribution in [0.5, 0.6) is 5.75 Å². The van der Waals surface area contributed by atoms with Gasteiger partial charge < -0.3 is 4.74 Å². The van der Waals surface area contributed by atoms with E-state index in [4.69, 9.17) is 4.74 Å². The molecule has 0 atom stereocenters. The van der Waals surface area contributed by atoms with Gasteiger partial charge in [0.05, 0.1) is 15.6 Å². The monoisotopic (exact) mass is 282 g/mol. The Morgan fingerprint density at radius 2 is 2.18 bits per heavy atom. The average molecular weight is 282 g/mol. The molecule has 1 aromatic rings. The quantitative estimate of drug-likeness (QED) is 0.754. The van der Waals surface area contributed by atoms with Crippen LogP contribution in [0.4, 0.5) is 0 Å². The second kappa shape index (κ2) is 3.76. The SMILES string of the molecule is COc1c(I)csc1C(C)C. The minimum absolute atomic E-state index is 0.568. The van der Waals surface area contributed by atoms with Crippen molar-refractivity contribution in [3.05, 3.63) is 13.8 Å². The molecule has 0 fully saturated rings. The number of thiophene rings is 1. The summed E-state index contributed by atoms with van der Waals surface area (Å²) in [6, 6.07) is 0. The van der Waals surface area contributed by atoms with Crippen LogP contribution in [-0.2, 0) is 0 Å². The van der Waals surface area contributed by atoms with Crippen LogP contribution in [0.25, 0.3) is 0 Å². The second-order valence-electron chi connectivity index (χ2n) is 2.64. The Labute approximate surface area is 84.9 Å². The molecule has 3 heteroatoms. The molecule has 0 bridgehead atoms. The zero-order chi connectivity index (χ0) is 8.43. The molecule has 62 valence electrons. The van der Waals surface area contributed by atoms with E-state index in [0.29, 0.717) is 5.92 Å². The standard InChI is InChI=1S/C8H11IOS/c1-5(2)8-7(10-3)6(9)4-11-8/h4-5H,1-3H3. The van der Waals surface area contributed by atoms with Crippen LogP contribution in [0.3, 0.4) is 0 Å². The Morgan fingerprint density at radius 3 is 2.55 bits per heavy atom. The van der Waals surface area contributed by atoms with Gasteiger partial charge in [0.2, 0.25) is 0 Å². The summed E-state index contributed by atoms with van der Waals surface area (Å²) < 4.78 is 6.50. The minimum Gasteiger partial charge on any atom is -0.494 e. The third kappa shape index (κ3) is 1.87. The van der Waals surface area contributed by atoms with Gasteiger partial charge in [-0.2, -0.15) is 0 Å². The highest BCUT2D eigenvalue weighted by molar-refractivity contribution is 14.1. The van der Waals surface area contributed by atoms with Crippen molar-refractivity contribution in [1.82, 2.24) is 0 Å². The van der Waals surface area contributed by atoms with Crippen LogP contribution in [0, 0.1) is 3.57 Å². The zero-order valence-corrected chi connectivity index (χ0v) is 9.82. The molecule has 0 aliphatic carbocycles. The zero-order valence-electron chi connectivity index (χ0n) is 6.85. The van der Waals surface area contributed by atoms with E-state index in [1.807, 2.05) is 0 Å². The Bertz CT molecular complexity index is 242. The van der Waals surface area contributed by atoms with Gasteiger partial charge in [-0.15, -0.1) is 11.3 Å². The van der Waals surface area contributed by atoms with Gasteiger partial charge in [-0.3, -0.25) is 0 Å². The van der Waals surface area contributed by atoms with Crippen molar-refractivity contribution < 1.29 is 4.74 Å². The maximum absolute atomic E-state index is 5.28. The first-order valence-electron chi connectivity index (χ1n) is 3.47. The molecule has 11 heavy (non-hydrogen) atoms. The number of halogens is 1. The highest BCUT2D eigenvalue weighted by atomic mass is 127. The molecular weight excluding hydrogens is 271 g/mol. The number of ether oxygens (including phenoxy) is 1. The van der Waals surface area contributed by atoms with E-state index in [1.165, 1.54) is 8.45 Å². The fraction of sp³-hybridized carbons (Fsp3) is 0.500. The van der Waals surface area contributed by atoms with Gasteiger partial charge in [0.25, 0.3) is 0 Å². The number of hydrogen-bond donors (Lipinski definition) is 0. The van der Waals surface area contributed by atoms with Gasteiger partial charge in [-0.25, -0.2) is 0 Å². The summed E-state index contributed by atoms with van der Waals surface area (Å²) in [4.78, 5) is 1.34. The normalized spacial score (nSPS) is 10.6. The van der Waals surface area contributed by atoms with Crippen LogP contribution >= 0.6 is 33.9 Å². The first-order valence-corrected chi connectivity index (χ1v) is 5.43. The lowest BCUT2D eigenvalue weighted by Gasteiger charge is -2.05. The third-order valence-corrected chi connectivity index (χ3v) is 3.95. The lowest BCUT2D eigenvalue weighted by Crippen LogP contribution is -1.89. The Morgan fingerprint density at radius 1 is 1.55 bits per heavy atom. The van der Waals surface area contributed by atoms with Gasteiger partial charge in [0.15, 0.2) is 0 Å². The Balaban J connectivity index is 3.05. The van der Waals surface area contributed by atoms with E-state index in [0.717, 1.165) is 5.75 Å². The van der Waals surface area contributed by atoms with E-state index in [9.17, 15) is 0 Å². The molecule has 1 aromatic heterocycles. The summed E-state index contributed by atoms with van der Waals surface area (Å²) in [6.45, 7) is 4.37. The molecule has 0 unspecified atom stereocenters. The molecule has 1 nitrogen and oxygen atoms in total. The van der Waals surface area contributed by atoms with Crippen molar-refractivity contribution in [2.24, 2.45) is 0 Å². The van der Waals surface area contributed by atoms with E-state index < -0.39 is 0 Å². The third-order valence-electron chi connectivity index (χ3n) is 1.46. The van der Waals surface area contributed by atoms with Gasteiger partial charge in [-0.1, -0.05) is 13.8 Å². The number of hydrogen-bond acceptors (Lipinski definition) is 2. The molecule has 0 spiro atoms. The molecule has 0 aliphatic heterocycles. The van der Waals surface area contributed by atoms with Gasteiger partial charge >= 0.3 is 0 Å². The van der Waals surface area contributed by atoms with Crippen molar-refractivity contribution in [1.29, 1.82) is 0 Å². The van der Waals surface area contributed by atoms with Crippen LogP contribution in [0.2, 0.25) is 0 Å². The lowest BCUT2D eigenvalue weighted by atomic mass is 10.2. The molecule has 0 aromatic carbocycles. The fourth-order valence-corrected chi connectivity index (χ4v) is 2.92. The molecule has 0 radical (unpaired) electrons. The summed E-state index contributed by atoms with van der Waals surface area (Å²) in [5, 5.41) is 2.13. The smallest absolute Gasteiger partial charge is 0.146 e. The molecular formula is C8H11IOS. The van der Waals surface area contributed by atoms with Gasteiger partial charge in [-0.05, 0) is 28.5 Å². The summed E-state index contributed by atoms with van der Waals surface area (Å²) >= 11 is 4.08. The van der Waals surface area contributed by atoms with Crippen LogP contribution < -0.4 is 4.74 Å². The van der Waals surface area contributed by atoms with Crippen LogP contribution in [0.15, 0.2) is 5.38 Å². The lowest BCUT2D eigenvalue weighted by molar-refractivity contribution is 0.407. The number of rotatable bonds is 2. The fourth-order valence-electron chi connectivity index (χ4n) is 0.936. The van der Waals surface area contributed by atoms with Crippen molar-refractivity contribution in [2.75, 3.05) is 7.11 Å². The highest BCUT2D eigenvalue weighted by Crippen LogP contribution is 2.36. The molecule has 1 rings (SSSR count). The Kier molecular flexibility index (Phi) is 3.18. The van der Waals surface area contributed by atoms with Crippen molar-refractivity contribution in [3.63, 3.8) is 0 Å². The van der Waals surface area contributed by atoms with Gasteiger partial charge in [0.1, 0.15) is 5.75 Å². The Hall–Kier alpha value is 0.230. The predicted octanol–water partition coefficient (Wildman–Crippen LogP) is 3.48. The predicted molar refractivity (Wildman–Crippen MR) is 57.7 cm³/mol. The molecule has 1 heterocycles. The average Bonchev–Trinajstić information content (AvgIpc) is 2.30. The minimum atomic E-state index is 0.568. The summed E-state index contributed by atoms with van der Waals surface area (Å²) in [6.07, 6.45) is 0. The first-order chi connectivity index (χ1) is 5.16. The summed E-state index contributed by atoms with van der Waals surface area (Å²) in [5.74, 6) is 1.63. The molecule has 0 aliphatic rings.